The minimum Gasteiger partial charge on any atom is -0.339 e. The molecule has 0 saturated carbocycles. The van der Waals surface area contributed by atoms with Crippen molar-refractivity contribution < 1.29 is 4.90 Å². The minimum absolute atomic E-state index is 0.651. The van der Waals surface area contributed by atoms with E-state index in [9.17, 15) is 0 Å². The van der Waals surface area contributed by atoms with E-state index in [1.54, 1.807) is 16.2 Å². The number of nitrogens with one attached hydrogen (secondary N) is 1. The van der Waals surface area contributed by atoms with Gasteiger partial charge in [-0.15, -0.1) is 0 Å². The molecule has 2 atom stereocenters. The maximum absolute atomic E-state index is 3.56. The first kappa shape index (κ1) is 16.6. The quantitative estimate of drug-likeness (QED) is 0.634. The average molecular weight is 410 g/mol. The highest BCUT2D eigenvalue weighted by Gasteiger charge is 2.36. The molecule has 3 heteroatoms. The third kappa shape index (κ3) is 2.73. The molecular formula is C23H26BrN2+. The normalized spacial score (nSPS) is 22.2. The van der Waals surface area contributed by atoms with Crippen molar-refractivity contribution >= 4 is 26.8 Å². The zero-order valence-electron chi connectivity index (χ0n) is 15.4. The number of quaternary nitrogens is 1. The van der Waals surface area contributed by atoms with Crippen LogP contribution in [0.25, 0.3) is 10.9 Å². The van der Waals surface area contributed by atoms with E-state index in [0.29, 0.717) is 6.04 Å². The molecule has 1 N–H and O–H groups in total. The fraction of sp³-hybridized carbons (Fsp3) is 0.391. The van der Waals surface area contributed by atoms with Gasteiger partial charge in [-0.25, -0.2) is 0 Å². The van der Waals surface area contributed by atoms with Crippen LogP contribution in [0.1, 0.15) is 47.7 Å². The third-order valence-corrected chi connectivity index (χ3v) is 6.86. The van der Waals surface area contributed by atoms with Crippen molar-refractivity contribution in [3.05, 3.63) is 69.3 Å². The van der Waals surface area contributed by atoms with Gasteiger partial charge < -0.3 is 9.47 Å². The Balaban J connectivity index is 1.58. The van der Waals surface area contributed by atoms with Crippen LogP contribution in [0.3, 0.4) is 0 Å². The smallest absolute Gasteiger partial charge is 0.129 e. The molecule has 2 nitrogen and oxygen atoms in total. The molecule has 0 radical (unpaired) electrons. The fourth-order valence-corrected chi connectivity index (χ4v) is 5.46. The van der Waals surface area contributed by atoms with E-state index in [2.05, 4.69) is 69.9 Å². The molecule has 1 unspecified atom stereocenters. The van der Waals surface area contributed by atoms with Crippen LogP contribution in [0.5, 0.6) is 0 Å². The summed E-state index contributed by atoms with van der Waals surface area (Å²) in [6.45, 7) is 5.81. The lowest BCUT2D eigenvalue weighted by atomic mass is 9.90. The predicted molar refractivity (Wildman–Crippen MR) is 111 cm³/mol. The lowest BCUT2D eigenvalue weighted by molar-refractivity contribution is -0.945. The summed E-state index contributed by atoms with van der Waals surface area (Å²) < 4.78 is 3.84. The molecule has 0 bridgehead atoms. The Labute approximate surface area is 163 Å². The number of hydrogen-bond donors (Lipinski definition) is 1. The zero-order chi connectivity index (χ0) is 17.7. The molecule has 134 valence electrons. The lowest BCUT2D eigenvalue weighted by Gasteiger charge is -2.31. The molecule has 1 aromatic heterocycles. The summed E-state index contributed by atoms with van der Waals surface area (Å²) in [5.41, 5.74) is 7.61. The molecule has 0 amide bonds. The summed E-state index contributed by atoms with van der Waals surface area (Å²) in [7, 11) is 0. The second kappa shape index (κ2) is 6.54. The molecule has 1 aliphatic heterocycles. The Morgan fingerprint density at radius 2 is 1.96 bits per heavy atom. The summed E-state index contributed by atoms with van der Waals surface area (Å²) in [5.74, 6) is 0. The molecule has 0 fully saturated rings. The first-order chi connectivity index (χ1) is 12.7. The monoisotopic (exact) mass is 409 g/mol. The van der Waals surface area contributed by atoms with Gasteiger partial charge in [-0.1, -0.05) is 39.7 Å². The predicted octanol–water partition coefficient (Wildman–Crippen LogP) is 4.58. The molecule has 0 spiro atoms. The molecule has 3 aromatic rings. The maximum Gasteiger partial charge on any atom is 0.129 e. The van der Waals surface area contributed by atoms with Crippen molar-refractivity contribution in [3.63, 3.8) is 0 Å². The topological polar surface area (TPSA) is 9.37 Å². The van der Waals surface area contributed by atoms with Gasteiger partial charge >= 0.3 is 0 Å². The first-order valence-corrected chi connectivity index (χ1v) is 10.7. The van der Waals surface area contributed by atoms with E-state index in [1.165, 1.54) is 65.3 Å². The highest BCUT2D eigenvalue weighted by molar-refractivity contribution is 9.10. The molecule has 26 heavy (non-hydrogen) atoms. The Kier molecular flexibility index (Phi) is 4.17. The van der Waals surface area contributed by atoms with Crippen molar-refractivity contribution in [2.24, 2.45) is 0 Å². The Morgan fingerprint density at radius 1 is 1.12 bits per heavy atom. The Hall–Kier alpha value is -1.58. The van der Waals surface area contributed by atoms with Crippen molar-refractivity contribution in [2.45, 2.75) is 51.7 Å². The number of rotatable bonds is 2. The van der Waals surface area contributed by atoms with Gasteiger partial charge in [0.2, 0.25) is 0 Å². The standard InChI is InChI=1S/C23H25BrN2/c1-16-6-11-21-20(14-16)19-4-2-5-22-23(19)26(21)13-3-12-25(22)15-17-7-9-18(24)10-8-17/h6-11,14,22H,2-5,12-13,15H2,1H3/p+1/t22-/m0/s1. The van der Waals surface area contributed by atoms with E-state index < -0.39 is 0 Å². The van der Waals surface area contributed by atoms with E-state index in [1.807, 2.05) is 0 Å². The highest BCUT2D eigenvalue weighted by atomic mass is 79.9. The van der Waals surface area contributed by atoms with Crippen LogP contribution in [0.4, 0.5) is 0 Å². The molecule has 2 aliphatic rings. The van der Waals surface area contributed by atoms with Crippen LogP contribution in [-0.4, -0.2) is 11.1 Å². The van der Waals surface area contributed by atoms with Gasteiger partial charge in [-0.05, 0) is 49.6 Å². The molecule has 2 aromatic carbocycles. The summed E-state index contributed by atoms with van der Waals surface area (Å²) in [6, 6.07) is 16.6. The second-order valence-corrected chi connectivity index (χ2v) is 8.96. The minimum atomic E-state index is 0.651. The lowest BCUT2D eigenvalue weighted by Crippen LogP contribution is -3.11. The molecular weight excluding hydrogens is 384 g/mol. The number of halogens is 1. The largest absolute Gasteiger partial charge is 0.339 e. The second-order valence-electron chi connectivity index (χ2n) is 8.05. The van der Waals surface area contributed by atoms with Crippen molar-refractivity contribution in [3.8, 4) is 0 Å². The van der Waals surface area contributed by atoms with Gasteiger partial charge in [0, 0.05) is 40.3 Å². The molecule has 0 saturated heterocycles. The summed E-state index contributed by atoms with van der Waals surface area (Å²) >= 11 is 3.56. The van der Waals surface area contributed by atoms with Crippen LogP contribution in [0.15, 0.2) is 46.9 Å². The highest BCUT2D eigenvalue weighted by Crippen LogP contribution is 2.37. The van der Waals surface area contributed by atoms with Crippen molar-refractivity contribution in [1.29, 1.82) is 0 Å². The van der Waals surface area contributed by atoms with Gasteiger partial charge in [-0.3, -0.25) is 0 Å². The Morgan fingerprint density at radius 3 is 2.81 bits per heavy atom. The van der Waals surface area contributed by atoms with Gasteiger partial charge in [0.05, 0.1) is 12.2 Å². The van der Waals surface area contributed by atoms with Crippen LogP contribution >= 0.6 is 15.9 Å². The summed E-state index contributed by atoms with van der Waals surface area (Å²) in [4.78, 5) is 1.76. The van der Waals surface area contributed by atoms with E-state index in [0.717, 1.165) is 6.54 Å². The van der Waals surface area contributed by atoms with E-state index in [4.69, 9.17) is 0 Å². The summed E-state index contributed by atoms with van der Waals surface area (Å²) in [5, 5.41) is 1.52. The molecule has 5 rings (SSSR count). The van der Waals surface area contributed by atoms with Gasteiger partial charge in [0.1, 0.15) is 12.6 Å². The van der Waals surface area contributed by atoms with Gasteiger partial charge in [0.25, 0.3) is 0 Å². The SMILES string of the molecule is Cc1ccc2c(c1)c1c3n2CCC[NH+](Cc2ccc(Br)cc2)[C@H]3CCC1. The van der Waals surface area contributed by atoms with E-state index in [-0.39, 0.29) is 0 Å². The van der Waals surface area contributed by atoms with Crippen molar-refractivity contribution in [2.75, 3.05) is 6.54 Å². The van der Waals surface area contributed by atoms with Crippen LogP contribution in [-0.2, 0) is 19.5 Å². The van der Waals surface area contributed by atoms with E-state index >= 15 is 0 Å². The van der Waals surface area contributed by atoms with Crippen LogP contribution < -0.4 is 4.90 Å². The zero-order valence-corrected chi connectivity index (χ0v) is 17.0. The fourth-order valence-electron chi connectivity index (χ4n) is 5.19. The molecule has 2 heterocycles. The number of nitrogens with zero attached hydrogens (tertiary/aromatic N) is 1. The van der Waals surface area contributed by atoms with Crippen LogP contribution in [0, 0.1) is 6.92 Å². The first-order valence-electron chi connectivity index (χ1n) is 9.91. The van der Waals surface area contributed by atoms with Crippen molar-refractivity contribution in [1.82, 2.24) is 4.57 Å². The van der Waals surface area contributed by atoms with Crippen LogP contribution in [0.2, 0.25) is 0 Å². The number of aryl methyl sites for hydroxylation is 3. The number of fused-ring (bicyclic) bond motifs is 3. The third-order valence-electron chi connectivity index (χ3n) is 6.33. The average Bonchev–Trinajstić information content (AvgIpc) is 2.83. The number of aromatic nitrogens is 1. The summed E-state index contributed by atoms with van der Waals surface area (Å²) in [6.07, 6.45) is 5.18. The van der Waals surface area contributed by atoms with Gasteiger partial charge in [0.15, 0.2) is 0 Å². The maximum atomic E-state index is 3.56. The number of benzene rings is 2. The Bertz CT molecular complexity index is 951. The van der Waals surface area contributed by atoms with Gasteiger partial charge in [-0.2, -0.15) is 0 Å². The number of hydrogen-bond acceptors (Lipinski definition) is 0. The molecule has 1 aliphatic carbocycles.